The number of hydrogen-bond donors (Lipinski definition) is 2. The first kappa shape index (κ1) is 16.3. The summed E-state index contributed by atoms with van der Waals surface area (Å²) in [5.74, 6) is -0.166. The van der Waals surface area contributed by atoms with E-state index in [9.17, 15) is 4.79 Å². The average molecular weight is 280 g/mol. The predicted molar refractivity (Wildman–Crippen MR) is 80.3 cm³/mol. The smallest absolute Gasteiger partial charge is 0.323 e. The van der Waals surface area contributed by atoms with Crippen LogP contribution in [0.2, 0.25) is 0 Å². The highest BCUT2D eigenvalue weighted by atomic mass is 16.5. The van der Waals surface area contributed by atoms with Crippen molar-refractivity contribution in [2.75, 3.05) is 25.6 Å². The Balaban J connectivity index is 2.45. The number of nitrogens with two attached hydrogens (primary N) is 1. The first-order valence-corrected chi connectivity index (χ1v) is 6.81. The van der Waals surface area contributed by atoms with Gasteiger partial charge in [0.25, 0.3) is 0 Å². The number of aliphatic carboxylic acids is 1. The van der Waals surface area contributed by atoms with Gasteiger partial charge in [0.15, 0.2) is 0 Å². The molecule has 112 valence electrons. The van der Waals surface area contributed by atoms with Crippen molar-refractivity contribution < 1.29 is 14.6 Å². The van der Waals surface area contributed by atoms with Crippen LogP contribution in [0, 0.1) is 0 Å². The molecule has 0 aliphatic rings. The number of nitrogens with zero attached hydrogens (tertiary/aromatic N) is 1. The number of ether oxygens (including phenoxy) is 1. The van der Waals surface area contributed by atoms with E-state index in [1.165, 1.54) is 0 Å². The Morgan fingerprint density at radius 3 is 2.70 bits per heavy atom. The number of carbonyl (C=O) groups is 1. The molecule has 0 spiro atoms. The quantitative estimate of drug-likeness (QED) is 0.713. The summed E-state index contributed by atoms with van der Waals surface area (Å²) in [7, 11) is 3.94. The monoisotopic (exact) mass is 280 g/mol. The number of anilines is 1. The standard InChI is InChI=1S/C15H24N2O3/c1-4-15(16,14(18)19)9-6-10-20-13-8-5-7-12(11-13)17(2)3/h5,7-8,11H,4,6,9-10,16H2,1-3H3,(H,18,19). The van der Waals surface area contributed by atoms with Crippen LogP contribution in [0.15, 0.2) is 24.3 Å². The van der Waals surface area contributed by atoms with Crippen LogP contribution in [-0.4, -0.2) is 37.3 Å². The van der Waals surface area contributed by atoms with E-state index in [1.54, 1.807) is 6.92 Å². The van der Waals surface area contributed by atoms with Gasteiger partial charge in [0.05, 0.1) is 6.61 Å². The van der Waals surface area contributed by atoms with Crippen molar-refractivity contribution in [2.24, 2.45) is 5.73 Å². The summed E-state index contributed by atoms with van der Waals surface area (Å²) >= 11 is 0. The average Bonchev–Trinajstić information content (AvgIpc) is 2.43. The number of hydrogen-bond acceptors (Lipinski definition) is 4. The van der Waals surface area contributed by atoms with Gasteiger partial charge in [-0.1, -0.05) is 13.0 Å². The normalized spacial score (nSPS) is 13.6. The third-order valence-corrected chi connectivity index (χ3v) is 3.43. The number of rotatable bonds is 8. The number of benzene rings is 1. The summed E-state index contributed by atoms with van der Waals surface area (Å²) in [6, 6.07) is 7.77. The molecule has 0 aromatic heterocycles. The maximum absolute atomic E-state index is 11.1. The van der Waals surface area contributed by atoms with E-state index in [1.807, 2.05) is 43.3 Å². The van der Waals surface area contributed by atoms with Crippen LogP contribution in [-0.2, 0) is 4.79 Å². The predicted octanol–water partition coefficient (Wildman–Crippen LogP) is 2.10. The Bertz CT molecular complexity index is 448. The minimum Gasteiger partial charge on any atom is -0.494 e. The Hall–Kier alpha value is -1.75. The van der Waals surface area contributed by atoms with Crippen LogP contribution in [0.4, 0.5) is 5.69 Å². The first-order valence-electron chi connectivity index (χ1n) is 6.81. The molecule has 3 N–H and O–H groups in total. The highest BCUT2D eigenvalue weighted by Crippen LogP contribution is 2.20. The van der Waals surface area contributed by atoms with Gasteiger partial charge in [0.2, 0.25) is 0 Å². The van der Waals surface area contributed by atoms with Crippen molar-refractivity contribution in [2.45, 2.75) is 31.7 Å². The second kappa shape index (κ2) is 7.14. The Kier molecular flexibility index (Phi) is 5.82. The fourth-order valence-corrected chi connectivity index (χ4v) is 1.86. The molecule has 0 amide bonds. The van der Waals surface area contributed by atoms with Gasteiger partial charge in [-0.05, 0) is 31.4 Å². The molecule has 0 aliphatic carbocycles. The zero-order chi connectivity index (χ0) is 15.2. The molecule has 1 rings (SSSR count). The van der Waals surface area contributed by atoms with Crippen LogP contribution >= 0.6 is 0 Å². The minimum atomic E-state index is -1.14. The van der Waals surface area contributed by atoms with Gasteiger partial charge in [-0.2, -0.15) is 0 Å². The molecular formula is C15H24N2O3. The number of carboxylic acids is 1. The summed E-state index contributed by atoms with van der Waals surface area (Å²) < 4.78 is 5.64. The van der Waals surface area contributed by atoms with E-state index < -0.39 is 11.5 Å². The Labute approximate surface area is 120 Å². The van der Waals surface area contributed by atoms with Crippen molar-refractivity contribution in [1.82, 2.24) is 0 Å². The number of carboxylic acid groups (broad SMARTS) is 1. The van der Waals surface area contributed by atoms with Gasteiger partial charge in [-0.25, -0.2) is 0 Å². The molecule has 0 aliphatic heterocycles. The maximum Gasteiger partial charge on any atom is 0.323 e. The third-order valence-electron chi connectivity index (χ3n) is 3.43. The summed E-state index contributed by atoms with van der Waals surface area (Å²) in [6.45, 7) is 2.25. The molecule has 5 heteroatoms. The lowest BCUT2D eigenvalue weighted by molar-refractivity contribution is -0.143. The van der Waals surface area contributed by atoms with E-state index in [0.29, 0.717) is 25.9 Å². The summed E-state index contributed by atoms with van der Waals surface area (Å²) in [6.07, 6.45) is 1.44. The largest absolute Gasteiger partial charge is 0.494 e. The van der Waals surface area contributed by atoms with Crippen LogP contribution in [0.1, 0.15) is 26.2 Å². The van der Waals surface area contributed by atoms with Gasteiger partial charge >= 0.3 is 5.97 Å². The fraction of sp³-hybridized carbons (Fsp3) is 0.533. The van der Waals surface area contributed by atoms with E-state index in [2.05, 4.69) is 0 Å². The highest BCUT2D eigenvalue weighted by Gasteiger charge is 2.30. The lowest BCUT2D eigenvalue weighted by Crippen LogP contribution is -2.47. The van der Waals surface area contributed by atoms with Crippen LogP contribution in [0.5, 0.6) is 5.75 Å². The maximum atomic E-state index is 11.1. The van der Waals surface area contributed by atoms with Gasteiger partial charge in [0.1, 0.15) is 11.3 Å². The van der Waals surface area contributed by atoms with E-state index >= 15 is 0 Å². The van der Waals surface area contributed by atoms with Crippen LogP contribution < -0.4 is 15.4 Å². The Morgan fingerprint density at radius 2 is 2.15 bits per heavy atom. The first-order chi connectivity index (χ1) is 9.39. The molecule has 0 bridgehead atoms. The summed E-state index contributed by atoms with van der Waals surface area (Å²) in [5, 5.41) is 9.07. The molecule has 1 unspecified atom stereocenters. The lowest BCUT2D eigenvalue weighted by Gasteiger charge is -2.22. The molecule has 0 saturated carbocycles. The zero-order valence-corrected chi connectivity index (χ0v) is 12.4. The van der Waals surface area contributed by atoms with Crippen molar-refractivity contribution >= 4 is 11.7 Å². The van der Waals surface area contributed by atoms with Crippen LogP contribution in [0.3, 0.4) is 0 Å². The summed E-state index contributed by atoms with van der Waals surface area (Å²) in [4.78, 5) is 13.1. The molecule has 5 nitrogen and oxygen atoms in total. The molecule has 20 heavy (non-hydrogen) atoms. The molecule has 1 atom stereocenters. The Morgan fingerprint density at radius 1 is 1.45 bits per heavy atom. The van der Waals surface area contributed by atoms with Gasteiger partial charge in [0, 0.05) is 25.8 Å². The molecular weight excluding hydrogens is 256 g/mol. The fourth-order valence-electron chi connectivity index (χ4n) is 1.86. The second-order valence-electron chi connectivity index (χ2n) is 5.16. The van der Waals surface area contributed by atoms with Gasteiger partial charge in [-0.15, -0.1) is 0 Å². The third kappa shape index (κ3) is 4.42. The van der Waals surface area contributed by atoms with E-state index in [-0.39, 0.29) is 0 Å². The molecule has 0 fully saturated rings. The lowest BCUT2D eigenvalue weighted by atomic mass is 9.92. The molecule has 0 saturated heterocycles. The van der Waals surface area contributed by atoms with Crippen molar-refractivity contribution in [3.8, 4) is 5.75 Å². The highest BCUT2D eigenvalue weighted by molar-refractivity contribution is 5.78. The topological polar surface area (TPSA) is 75.8 Å². The van der Waals surface area contributed by atoms with E-state index in [0.717, 1.165) is 11.4 Å². The van der Waals surface area contributed by atoms with Crippen molar-refractivity contribution in [3.63, 3.8) is 0 Å². The van der Waals surface area contributed by atoms with Crippen molar-refractivity contribution in [3.05, 3.63) is 24.3 Å². The van der Waals surface area contributed by atoms with Crippen LogP contribution in [0.25, 0.3) is 0 Å². The molecule has 0 radical (unpaired) electrons. The molecule has 1 aromatic carbocycles. The van der Waals surface area contributed by atoms with Gasteiger partial charge in [-0.3, -0.25) is 4.79 Å². The van der Waals surface area contributed by atoms with Crippen molar-refractivity contribution in [1.29, 1.82) is 0 Å². The second-order valence-corrected chi connectivity index (χ2v) is 5.16. The molecule has 1 aromatic rings. The van der Waals surface area contributed by atoms with Gasteiger partial charge < -0.3 is 20.5 Å². The zero-order valence-electron chi connectivity index (χ0n) is 12.4. The van der Waals surface area contributed by atoms with E-state index in [4.69, 9.17) is 15.6 Å². The summed E-state index contributed by atoms with van der Waals surface area (Å²) in [5.41, 5.74) is 5.74. The molecule has 0 heterocycles. The SMILES string of the molecule is CCC(N)(CCCOc1cccc(N(C)C)c1)C(=O)O. The minimum absolute atomic E-state index is 0.409.